The molecule has 0 bridgehead atoms. The van der Waals surface area contributed by atoms with E-state index in [-0.39, 0.29) is 28.4 Å². The zero-order valence-corrected chi connectivity index (χ0v) is 19.3. The summed E-state index contributed by atoms with van der Waals surface area (Å²) in [5, 5.41) is 6.85. The minimum Gasteiger partial charge on any atom is -0.350 e. The van der Waals surface area contributed by atoms with Crippen LogP contribution in [0.25, 0.3) is 22.2 Å². The highest BCUT2D eigenvalue weighted by atomic mass is 35.5. The van der Waals surface area contributed by atoms with E-state index in [0.29, 0.717) is 11.3 Å². The Kier molecular flexibility index (Phi) is 6.38. The molecule has 2 amide bonds. The molecule has 0 aliphatic heterocycles. The number of carbonyl (C=O) groups excluding carboxylic acids is 2. The predicted octanol–water partition coefficient (Wildman–Crippen LogP) is 5.65. The standard InChI is InChI=1S/C26H23ClN4O2/c1-15(2)30-25(32)17-9-11-19(22(27)12-17)26(33)31-18-10-8-16(3)21(13-18)24-20-6-4-5-7-23(20)28-14-29-24/h4-15H,1-3H3,(H,30,32)(H,31,33). The molecule has 1 aromatic heterocycles. The Bertz CT molecular complexity index is 1360. The Morgan fingerprint density at radius 1 is 0.939 bits per heavy atom. The lowest BCUT2D eigenvalue weighted by Gasteiger charge is -2.13. The van der Waals surface area contributed by atoms with Crippen LogP contribution in [0.4, 0.5) is 5.69 Å². The second-order valence-electron chi connectivity index (χ2n) is 8.05. The molecule has 0 aliphatic carbocycles. The van der Waals surface area contributed by atoms with Crippen LogP contribution in [-0.4, -0.2) is 27.8 Å². The van der Waals surface area contributed by atoms with Gasteiger partial charge in [0.05, 0.1) is 21.8 Å². The van der Waals surface area contributed by atoms with E-state index in [2.05, 4.69) is 20.6 Å². The molecule has 0 fully saturated rings. The number of benzene rings is 3. The number of para-hydroxylation sites is 1. The lowest BCUT2D eigenvalue weighted by molar-refractivity contribution is 0.0941. The number of fused-ring (bicyclic) bond motifs is 1. The van der Waals surface area contributed by atoms with Crippen molar-refractivity contribution < 1.29 is 9.59 Å². The van der Waals surface area contributed by atoms with Crippen LogP contribution in [-0.2, 0) is 0 Å². The first-order valence-corrected chi connectivity index (χ1v) is 10.9. The lowest BCUT2D eigenvalue weighted by atomic mass is 10.0. The lowest BCUT2D eigenvalue weighted by Crippen LogP contribution is -2.30. The minimum absolute atomic E-state index is 0.00184. The molecule has 3 aromatic carbocycles. The zero-order valence-electron chi connectivity index (χ0n) is 18.5. The molecule has 0 aliphatic rings. The van der Waals surface area contributed by atoms with Crippen molar-refractivity contribution in [3.05, 3.63) is 88.7 Å². The number of nitrogens with one attached hydrogen (secondary N) is 2. The number of rotatable bonds is 5. The normalized spacial score (nSPS) is 10.9. The summed E-state index contributed by atoms with van der Waals surface area (Å²) in [6.07, 6.45) is 1.54. The van der Waals surface area contributed by atoms with Crippen molar-refractivity contribution in [2.45, 2.75) is 26.8 Å². The van der Waals surface area contributed by atoms with E-state index >= 15 is 0 Å². The third-order valence-electron chi connectivity index (χ3n) is 5.19. The maximum absolute atomic E-state index is 12.9. The summed E-state index contributed by atoms with van der Waals surface area (Å²) in [6.45, 7) is 5.75. The number of nitrogens with zero attached hydrogens (tertiary/aromatic N) is 2. The van der Waals surface area contributed by atoms with Gasteiger partial charge in [0.15, 0.2) is 0 Å². The third kappa shape index (κ3) is 4.86. The van der Waals surface area contributed by atoms with Gasteiger partial charge in [-0.3, -0.25) is 9.59 Å². The maximum Gasteiger partial charge on any atom is 0.257 e. The Morgan fingerprint density at radius 2 is 1.73 bits per heavy atom. The highest BCUT2D eigenvalue weighted by molar-refractivity contribution is 6.34. The van der Waals surface area contributed by atoms with Crippen LogP contribution < -0.4 is 10.6 Å². The summed E-state index contributed by atoms with van der Waals surface area (Å²) in [5.41, 5.74) is 4.87. The van der Waals surface area contributed by atoms with Gasteiger partial charge in [-0.05, 0) is 62.7 Å². The smallest absolute Gasteiger partial charge is 0.257 e. The van der Waals surface area contributed by atoms with E-state index in [1.54, 1.807) is 18.5 Å². The van der Waals surface area contributed by atoms with Gasteiger partial charge in [-0.25, -0.2) is 9.97 Å². The first-order valence-electron chi connectivity index (χ1n) is 10.6. The van der Waals surface area contributed by atoms with Gasteiger partial charge in [0.2, 0.25) is 0 Å². The summed E-state index contributed by atoms with van der Waals surface area (Å²) in [6, 6.07) is 18.1. The van der Waals surface area contributed by atoms with Crippen LogP contribution >= 0.6 is 11.6 Å². The second kappa shape index (κ2) is 9.38. The van der Waals surface area contributed by atoms with Crippen molar-refractivity contribution in [2.75, 3.05) is 5.32 Å². The first-order chi connectivity index (χ1) is 15.8. The molecule has 4 aromatic rings. The van der Waals surface area contributed by atoms with E-state index in [9.17, 15) is 9.59 Å². The van der Waals surface area contributed by atoms with Crippen LogP contribution in [0.1, 0.15) is 40.1 Å². The number of halogens is 1. The van der Waals surface area contributed by atoms with E-state index in [1.165, 1.54) is 6.07 Å². The van der Waals surface area contributed by atoms with E-state index in [1.807, 2.05) is 63.2 Å². The molecular weight excluding hydrogens is 436 g/mol. The fraction of sp³-hybridized carbons (Fsp3) is 0.154. The molecule has 0 unspecified atom stereocenters. The molecule has 0 saturated heterocycles. The van der Waals surface area contributed by atoms with E-state index in [0.717, 1.165) is 27.7 Å². The number of aromatic nitrogens is 2. The number of hydrogen-bond acceptors (Lipinski definition) is 4. The summed E-state index contributed by atoms with van der Waals surface area (Å²) < 4.78 is 0. The number of anilines is 1. The fourth-order valence-electron chi connectivity index (χ4n) is 3.56. The van der Waals surface area contributed by atoms with Gasteiger partial charge < -0.3 is 10.6 Å². The van der Waals surface area contributed by atoms with Crippen molar-refractivity contribution in [2.24, 2.45) is 0 Å². The SMILES string of the molecule is Cc1ccc(NC(=O)c2ccc(C(=O)NC(C)C)cc2Cl)cc1-c1ncnc2ccccc12. The quantitative estimate of drug-likeness (QED) is 0.404. The second-order valence-corrected chi connectivity index (χ2v) is 8.45. The molecule has 0 radical (unpaired) electrons. The summed E-state index contributed by atoms with van der Waals surface area (Å²) in [7, 11) is 0. The van der Waals surface area contributed by atoms with Gasteiger partial charge in [0, 0.05) is 28.2 Å². The number of aryl methyl sites for hydroxylation is 1. The van der Waals surface area contributed by atoms with E-state index in [4.69, 9.17) is 11.6 Å². The molecule has 6 nitrogen and oxygen atoms in total. The summed E-state index contributed by atoms with van der Waals surface area (Å²) in [5.74, 6) is -0.600. The fourth-order valence-corrected chi connectivity index (χ4v) is 3.83. The molecule has 4 rings (SSSR count). The zero-order chi connectivity index (χ0) is 23.5. The monoisotopic (exact) mass is 458 g/mol. The van der Waals surface area contributed by atoms with Crippen molar-refractivity contribution in [3.8, 4) is 11.3 Å². The van der Waals surface area contributed by atoms with Crippen molar-refractivity contribution >= 4 is 40.0 Å². The molecule has 33 heavy (non-hydrogen) atoms. The molecule has 0 atom stereocenters. The minimum atomic E-state index is -0.363. The van der Waals surface area contributed by atoms with Gasteiger partial charge in [-0.1, -0.05) is 35.9 Å². The Balaban J connectivity index is 1.61. The van der Waals surface area contributed by atoms with Gasteiger partial charge in [0.1, 0.15) is 6.33 Å². The molecule has 2 N–H and O–H groups in total. The van der Waals surface area contributed by atoms with Crippen LogP contribution in [0.5, 0.6) is 0 Å². The highest BCUT2D eigenvalue weighted by Gasteiger charge is 2.16. The summed E-state index contributed by atoms with van der Waals surface area (Å²) in [4.78, 5) is 33.9. The molecule has 0 spiro atoms. The van der Waals surface area contributed by atoms with Gasteiger partial charge in [0.25, 0.3) is 11.8 Å². The topological polar surface area (TPSA) is 84.0 Å². The van der Waals surface area contributed by atoms with Crippen LogP contribution in [0, 0.1) is 6.92 Å². The number of amides is 2. The van der Waals surface area contributed by atoms with Crippen molar-refractivity contribution in [3.63, 3.8) is 0 Å². The van der Waals surface area contributed by atoms with Gasteiger partial charge in [-0.2, -0.15) is 0 Å². The molecule has 1 heterocycles. The average Bonchev–Trinajstić information content (AvgIpc) is 2.79. The van der Waals surface area contributed by atoms with Crippen LogP contribution in [0.15, 0.2) is 67.0 Å². The average molecular weight is 459 g/mol. The molecule has 0 saturated carbocycles. The predicted molar refractivity (Wildman–Crippen MR) is 132 cm³/mol. The van der Waals surface area contributed by atoms with Crippen molar-refractivity contribution in [1.29, 1.82) is 0 Å². The maximum atomic E-state index is 12.9. The van der Waals surface area contributed by atoms with Crippen molar-refractivity contribution in [1.82, 2.24) is 15.3 Å². The summed E-state index contributed by atoms with van der Waals surface area (Å²) >= 11 is 6.33. The highest BCUT2D eigenvalue weighted by Crippen LogP contribution is 2.30. The number of carbonyl (C=O) groups is 2. The largest absolute Gasteiger partial charge is 0.350 e. The Morgan fingerprint density at radius 3 is 2.48 bits per heavy atom. The Labute approximate surface area is 197 Å². The Hall–Kier alpha value is -3.77. The third-order valence-corrected chi connectivity index (χ3v) is 5.50. The molecular formula is C26H23ClN4O2. The number of hydrogen-bond donors (Lipinski definition) is 2. The van der Waals surface area contributed by atoms with Crippen LogP contribution in [0.3, 0.4) is 0 Å². The van der Waals surface area contributed by atoms with Gasteiger partial charge >= 0.3 is 0 Å². The van der Waals surface area contributed by atoms with E-state index < -0.39 is 0 Å². The van der Waals surface area contributed by atoms with Gasteiger partial charge in [-0.15, -0.1) is 0 Å². The molecule has 7 heteroatoms. The van der Waals surface area contributed by atoms with Crippen LogP contribution in [0.2, 0.25) is 5.02 Å². The molecule has 166 valence electrons. The first kappa shape index (κ1) is 22.4.